The van der Waals surface area contributed by atoms with Gasteiger partial charge in [-0.25, -0.2) is 0 Å². The molecule has 0 aromatic heterocycles. The molecule has 5 heteroatoms. The minimum absolute atomic E-state index is 0.0950. The molecule has 1 amide bonds. The molecule has 1 aliphatic carbocycles. The summed E-state index contributed by atoms with van der Waals surface area (Å²) in [5.74, 6) is -0.926. The van der Waals surface area contributed by atoms with Crippen LogP contribution < -0.4 is 11.1 Å². The van der Waals surface area contributed by atoms with Crippen LogP contribution in [0.3, 0.4) is 0 Å². The Kier molecular flexibility index (Phi) is 6.32. The van der Waals surface area contributed by atoms with E-state index in [0.717, 1.165) is 24.1 Å². The Hall–Kier alpha value is -2.40. The molecule has 0 heterocycles. The van der Waals surface area contributed by atoms with Gasteiger partial charge in [0, 0.05) is 12.1 Å². The molecule has 2 rings (SSSR count). The number of amides is 1. The molecule has 4 N–H and O–H groups in total. The highest BCUT2D eigenvalue weighted by Crippen LogP contribution is 2.24. The van der Waals surface area contributed by atoms with Gasteiger partial charge in [-0.1, -0.05) is 49.4 Å². The number of hydrogen-bond acceptors (Lipinski definition) is 3. The Labute approximate surface area is 142 Å². The Morgan fingerprint density at radius 2 is 2.04 bits per heavy atom. The van der Waals surface area contributed by atoms with E-state index in [-0.39, 0.29) is 18.7 Å². The summed E-state index contributed by atoms with van der Waals surface area (Å²) in [6.45, 7) is 2.10. The van der Waals surface area contributed by atoms with E-state index in [1.807, 2.05) is 18.2 Å². The van der Waals surface area contributed by atoms with E-state index in [1.54, 1.807) is 0 Å². The zero-order valence-corrected chi connectivity index (χ0v) is 13.9. The van der Waals surface area contributed by atoms with Crippen molar-refractivity contribution in [1.29, 1.82) is 0 Å². The van der Waals surface area contributed by atoms with E-state index in [2.05, 4.69) is 36.5 Å². The Morgan fingerprint density at radius 3 is 2.71 bits per heavy atom. The number of allylic oxidation sites excluding steroid dienone is 3. The predicted octanol–water partition coefficient (Wildman–Crippen LogP) is 2.39. The molecule has 0 spiro atoms. The van der Waals surface area contributed by atoms with Gasteiger partial charge in [-0.2, -0.15) is 0 Å². The SMILES string of the molecule is C[C@@H]1C=C(NC(=O)CC[C@H](N)C(=O)O)C(Cc2ccccc2)=CC1. The number of benzene rings is 1. The molecule has 1 aromatic carbocycles. The number of rotatable bonds is 7. The number of carboxylic acids is 1. The maximum Gasteiger partial charge on any atom is 0.320 e. The zero-order valence-electron chi connectivity index (χ0n) is 13.9. The van der Waals surface area contributed by atoms with Crippen LogP contribution in [0.1, 0.15) is 31.7 Å². The second-order valence-electron chi connectivity index (χ2n) is 6.22. The number of nitrogens with one attached hydrogen (secondary N) is 1. The van der Waals surface area contributed by atoms with Crippen LogP contribution in [-0.2, 0) is 16.0 Å². The summed E-state index contributed by atoms with van der Waals surface area (Å²) in [6.07, 6.45) is 6.16. The third kappa shape index (κ3) is 5.35. The fraction of sp³-hybridized carbons (Fsp3) is 0.368. The molecule has 24 heavy (non-hydrogen) atoms. The van der Waals surface area contributed by atoms with Gasteiger partial charge in [0.2, 0.25) is 5.91 Å². The number of aliphatic carboxylic acids is 1. The normalized spacial score (nSPS) is 18.3. The Balaban J connectivity index is 1.98. The number of carboxylic acid groups (broad SMARTS) is 1. The van der Waals surface area contributed by atoms with Crippen molar-refractivity contribution in [2.75, 3.05) is 0 Å². The number of hydrogen-bond donors (Lipinski definition) is 3. The molecular weight excluding hydrogens is 304 g/mol. The second kappa shape index (κ2) is 8.45. The van der Waals surface area contributed by atoms with E-state index in [0.29, 0.717) is 5.92 Å². The first-order valence-corrected chi connectivity index (χ1v) is 8.19. The molecule has 1 aromatic rings. The lowest BCUT2D eigenvalue weighted by Crippen LogP contribution is -2.33. The van der Waals surface area contributed by atoms with Crippen molar-refractivity contribution in [2.24, 2.45) is 11.7 Å². The maximum absolute atomic E-state index is 12.1. The number of carbonyl (C=O) groups is 2. The van der Waals surface area contributed by atoms with Crippen LogP contribution in [0.2, 0.25) is 0 Å². The first-order chi connectivity index (χ1) is 11.5. The summed E-state index contributed by atoms with van der Waals surface area (Å²) in [7, 11) is 0. The third-order valence-corrected chi connectivity index (χ3v) is 4.04. The standard InChI is InChI=1S/C19H24N2O3/c1-13-7-8-15(12-14-5-3-2-4-6-14)17(11-13)21-18(22)10-9-16(20)19(23)24/h2-6,8,11,13,16H,7,9-10,12,20H2,1H3,(H,21,22)(H,23,24)/t13-,16-/m0/s1. The molecule has 1 aliphatic rings. The Morgan fingerprint density at radius 1 is 1.33 bits per heavy atom. The largest absolute Gasteiger partial charge is 0.480 e. The van der Waals surface area contributed by atoms with Gasteiger partial charge in [-0.3, -0.25) is 9.59 Å². The van der Waals surface area contributed by atoms with Gasteiger partial charge in [0.05, 0.1) is 0 Å². The topological polar surface area (TPSA) is 92.4 Å². The monoisotopic (exact) mass is 328 g/mol. The van der Waals surface area contributed by atoms with Crippen LogP contribution in [0.4, 0.5) is 0 Å². The van der Waals surface area contributed by atoms with Crippen LogP contribution in [-0.4, -0.2) is 23.0 Å². The molecule has 128 valence electrons. The van der Waals surface area contributed by atoms with Crippen molar-refractivity contribution in [3.63, 3.8) is 0 Å². The first kappa shape index (κ1) is 17.9. The van der Waals surface area contributed by atoms with Crippen LogP contribution in [0.25, 0.3) is 0 Å². The highest BCUT2D eigenvalue weighted by Gasteiger charge is 2.18. The van der Waals surface area contributed by atoms with Crippen molar-refractivity contribution < 1.29 is 14.7 Å². The predicted molar refractivity (Wildman–Crippen MR) is 93.1 cm³/mol. The van der Waals surface area contributed by atoms with Gasteiger partial charge < -0.3 is 16.2 Å². The summed E-state index contributed by atoms with van der Waals surface area (Å²) in [5, 5.41) is 11.7. The van der Waals surface area contributed by atoms with Crippen molar-refractivity contribution in [2.45, 2.75) is 38.6 Å². The average molecular weight is 328 g/mol. The van der Waals surface area contributed by atoms with Crippen molar-refractivity contribution >= 4 is 11.9 Å². The minimum atomic E-state index is -1.09. The van der Waals surface area contributed by atoms with Crippen LogP contribution in [0.5, 0.6) is 0 Å². The lowest BCUT2D eigenvalue weighted by atomic mass is 9.91. The Bertz CT molecular complexity index is 650. The molecule has 0 fully saturated rings. The summed E-state index contributed by atoms with van der Waals surface area (Å²) >= 11 is 0. The average Bonchev–Trinajstić information content (AvgIpc) is 2.56. The maximum atomic E-state index is 12.1. The summed E-state index contributed by atoms with van der Waals surface area (Å²) in [6, 6.07) is 9.08. The highest BCUT2D eigenvalue weighted by molar-refractivity contribution is 5.80. The molecular formula is C19H24N2O3. The first-order valence-electron chi connectivity index (χ1n) is 8.19. The van der Waals surface area contributed by atoms with Gasteiger partial charge in [-0.15, -0.1) is 0 Å². The molecule has 0 aliphatic heterocycles. The van der Waals surface area contributed by atoms with Gasteiger partial charge in [0.1, 0.15) is 6.04 Å². The summed E-state index contributed by atoms with van der Waals surface area (Å²) < 4.78 is 0. The van der Waals surface area contributed by atoms with E-state index >= 15 is 0 Å². The van der Waals surface area contributed by atoms with Gasteiger partial charge in [0.15, 0.2) is 0 Å². The zero-order chi connectivity index (χ0) is 17.5. The molecule has 0 radical (unpaired) electrons. The van der Waals surface area contributed by atoms with Crippen LogP contribution in [0, 0.1) is 5.92 Å². The lowest BCUT2D eigenvalue weighted by Gasteiger charge is -2.21. The van der Waals surface area contributed by atoms with Crippen molar-refractivity contribution in [3.8, 4) is 0 Å². The smallest absolute Gasteiger partial charge is 0.320 e. The van der Waals surface area contributed by atoms with Crippen LogP contribution in [0.15, 0.2) is 53.8 Å². The molecule has 0 saturated heterocycles. The minimum Gasteiger partial charge on any atom is -0.480 e. The van der Waals surface area contributed by atoms with Crippen LogP contribution >= 0.6 is 0 Å². The second-order valence-corrected chi connectivity index (χ2v) is 6.22. The van der Waals surface area contributed by atoms with Crippen molar-refractivity contribution in [3.05, 3.63) is 59.3 Å². The molecule has 0 unspecified atom stereocenters. The summed E-state index contributed by atoms with van der Waals surface area (Å²) in [4.78, 5) is 22.8. The van der Waals surface area contributed by atoms with E-state index in [9.17, 15) is 9.59 Å². The van der Waals surface area contributed by atoms with Gasteiger partial charge >= 0.3 is 5.97 Å². The quantitative estimate of drug-likeness (QED) is 0.716. The van der Waals surface area contributed by atoms with Gasteiger partial charge in [0.25, 0.3) is 0 Å². The van der Waals surface area contributed by atoms with E-state index in [4.69, 9.17) is 10.8 Å². The molecule has 2 atom stereocenters. The highest BCUT2D eigenvalue weighted by atomic mass is 16.4. The molecule has 5 nitrogen and oxygen atoms in total. The van der Waals surface area contributed by atoms with E-state index < -0.39 is 12.0 Å². The lowest BCUT2D eigenvalue weighted by molar-refractivity contribution is -0.138. The van der Waals surface area contributed by atoms with E-state index in [1.165, 1.54) is 5.56 Å². The summed E-state index contributed by atoms with van der Waals surface area (Å²) in [5.41, 5.74) is 8.55. The van der Waals surface area contributed by atoms with Gasteiger partial charge in [-0.05, 0) is 36.3 Å². The third-order valence-electron chi connectivity index (χ3n) is 4.04. The number of carbonyl (C=O) groups excluding carboxylic acids is 1. The molecule has 0 saturated carbocycles. The molecule has 0 bridgehead atoms. The fourth-order valence-electron chi connectivity index (χ4n) is 2.63. The fourth-order valence-corrected chi connectivity index (χ4v) is 2.63. The number of nitrogens with two attached hydrogens (primary N) is 1. The van der Waals surface area contributed by atoms with Crippen molar-refractivity contribution in [1.82, 2.24) is 5.32 Å².